The van der Waals surface area contributed by atoms with Crippen LogP contribution in [0.2, 0.25) is 10.0 Å². The monoisotopic (exact) mass is 434 g/mol. The molecule has 0 bridgehead atoms. The number of nitrogens with zero attached hydrogens (tertiary/aromatic N) is 3. The summed E-state index contributed by atoms with van der Waals surface area (Å²) in [4.78, 5) is 21.8. The highest BCUT2D eigenvalue weighted by atomic mass is 35.5. The van der Waals surface area contributed by atoms with Crippen molar-refractivity contribution in [2.75, 3.05) is 34.8 Å². The predicted octanol–water partition coefficient (Wildman–Crippen LogP) is 5.84. The van der Waals surface area contributed by atoms with Crippen LogP contribution >= 0.6 is 23.2 Å². The van der Waals surface area contributed by atoms with E-state index in [-0.39, 0.29) is 18.5 Å². The topological polar surface area (TPSA) is 48.5 Å². The van der Waals surface area contributed by atoms with Gasteiger partial charge in [0, 0.05) is 28.8 Å². The molecule has 0 fully saturated rings. The Morgan fingerprint density at radius 2 is 1.90 bits per heavy atom. The number of hydrogen-bond acceptors (Lipinski definition) is 4. The van der Waals surface area contributed by atoms with Gasteiger partial charge in [-0.25, -0.2) is 4.98 Å². The highest BCUT2D eigenvalue weighted by Gasteiger charge is 2.32. The van der Waals surface area contributed by atoms with Crippen LogP contribution in [0.3, 0.4) is 0 Å². The van der Waals surface area contributed by atoms with Crippen molar-refractivity contribution >= 4 is 46.3 Å². The molecule has 0 spiro atoms. The van der Waals surface area contributed by atoms with Gasteiger partial charge < -0.3 is 15.1 Å². The van der Waals surface area contributed by atoms with Gasteiger partial charge in [-0.3, -0.25) is 4.79 Å². The molecule has 3 rings (SSSR count). The number of anilines is 3. The van der Waals surface area contributed by atoms with Crippen molar-refractivity contribution < 1.29 is 4.79 Å². The second-order valence-corrected chi connectivity index (χ2v) is 8.33. The normalized spacial score (nSPS) is 14.4. The molecule has 1 aliphatic heterocycles. The van der Waals surface area contributed by atoms with E-state index < -0.39 is 0 Å². The van der Waals surface area contributed by atoms with Crippen LogP contribution in [0.15, 0.2) is 24.3 Å². The van der Waals surface area contributed by atoms with Crippen molar-refractivity contribution in [1.29, 1.82) is 0 Å². The third kappa shape index (κ3) is 4.62. The zero-order chi connectivity index (χ0) is 21.1. The molecular formula is C22H28Cl2N4O. The summed E-state index contributed by atoms with van der Waals surface area (Å²) in [6.45, 7) is 10.4. The van der Waals surface area contributed by atoms with Crippen LogP contribution in [-0.2, 0) is 4.79 Å². The van der Waals surface area contributed by atoms with Crippen LogP contribution in [-0.4, -0.2) is 30.5 Å². The first kappa shape index (κ1) is 21.7. The molecule has 5 nitrogen and oxygen atoms in total. The molecule has 0 saturated carbocycles. The van der Waals surface area contributed by atoms with Crippen LogP contribution in [0.1, 0.15) is 50.9 Å². The average Bonchev–Trinajstić information content (AvgIpc) is 2.66. The van der Waals surface area contributed by atoms with E-state index in [2.05, 4.69) is 30.1 Å². The largest absolute Gasteiger partial charge is 0.370 e. The maximum atomic E-state index is 12.6. The van der Waals surface area contributed by atoms with Crippen LogP contribution in [0, 0.1) is 6.92 Å². The third-order valence-electron chi connectivity index (χ3n) is 5.17. The lowest BCUT2D eigenvalue weighted by Crippen LogP contribution is -2.41. The first-order valence-electron chi connectivity index (χ1n) is 10.1. The Hall–Kier alpha value is -1.98. The number of pyridine rings is 1. The van der Waals surface area contributed by atoms with Gasteiger partial charge in [-0.2, -0.15) is 0 Å². The quantitative estimate of drug-likeness (QED) is 0.593. The lowest BCUT2D eigenvalue weighted by Gasteiger charge is -2.38. The van der Waals surface area contributed by atoms with Gasteiger partial charge in [0.05, 0.1) is 18.3 Å². The summed E-state index contributed by atoms with van der Waals surface area (Å²) in [5, 5.41) is 4.25. The highest BCUT2D eigenvalue weighted by Crippen LogP contribution is 2.42. The number of aryl methyl sites for hydroxylation is 1. The van der Waals surface area contributed by atoms with Crippen molar-refractivity contribution in [2.45, 2.75) is 46.6 Å². The molecule has 0 saturated heterocycles. The molecule has 29 heavy (non-hydrogen) atoms. The minimum absolute atomic E-state index is 0.0470. The van der Waals surface area contributed by atoms with E-state index in [0.717, 1.165) is 54.4 Å². The van der Waals surface area contributed by atoms with Crippen molar-refractivity contribution in [3.05, 3.63) is 45.6 Å². The molecule has 1 unspecified atom stereocenters. The summed E-state index contributed by atoms with van der Waals surface area (Å²) < 4.78 is 0. The SMILES string of the molecule is CCCN(CCC)c1cc(C)nc2c1NC(=O)CN2C(C)c1ccc(Cl)cc1Cl. The number of amides is 1. The number of carbonyl (C=O) groups is 1. The van der Waals surface area contributed by atoms with E-state index in [0.29, 0.717) is 10.0 Å². The summed E-state index contributed by atoms with van der Waals surface area (Å²) in [6.07, 6.45) is 2.06. The second-order valence-electron chi connectivity index (χ2n) is 7.49. The Labute approximate surface area is 183 Å². The van der Waals surface area contributed by atoms with E-state index in [4.69, 9.17) is 28.2 Å². The lowest BCUT2D eigenvalue weighted by molar-refractivity contribution is -0.115. The Kier molecular flexibility index (Phi) is 6.91. The Morgan fingerprint density at radius 3 is 2.52 bits per heavy atom. The fourth-order valence-electron chi connectivity index (χ4n) is 3.85. The fourth-order valence-corrected chi connectivity index (χ4v) is 4.41. The Morgan fingerprint density at radius 1 is 1.21 bits per heavy atom. The van der Waals surface area contributed by atoms with Gasteiger partial charge in [-0.05, 0) is 50.5 Å². The number of rotatable bonds is 7. The number of aromatic nitrogens is 1. The van der Waals surface area contributed by atoms with Crippen molar-refractivity contribution in [3.8, 4) is 0 Å². The van der Waals surface area contributed by atoms with Gasteiger partial charge in [0.25, 0.3) is 0 Å². The van der Waals surface area contributed by atoms with Gasteiger partial charge >= 0.3 is 0 Å². The molecule has 2 heterocycles. The number of hydrogen-bond donors (Lipinski definition) is 1. The van der Waals surface area contributed by atoms with Gasteiger partial charge in [0.15, 0.2) is 5.82 Å². The molecule has 1 N–H and O–H groups in total. The van der Waals surface area contributed by atoms with Crippen molar-refractivity contribution in [3.63, 3.8) is 0 Å². The summed E-state index contributed by atoms with van der Waals surface area (Å²) in [5.74, 6) is 0.740. The Bertz CT molecular complexity index is 897. The maximum Gasteiger partial charge on any atom is 0.244 e. The minimum Gasteiger partial charge on any atom is -0.370 e. The van der Waals surface area contributed by atoms with E-state index in [1.807, 2.05) is 30.9 Å². The first-order valence-corrected chi connectivity index (χ1v) is 10.9. The van der Waals surface area contributed by atoms with E-state index >= 15 is 0 Å². The lowest BCUT2D eigenvalue weighted by atomic mass is 10.0. The van der Waals surface area contributed by atoms with Gasteiger partial charge in [0.1, 0.15) is 5.69 Å². The summed E-state index contributed by atoms with van der Waals surface area (Å²) in [7, 11) is 0. The molecule has 0 aliphatic carbocycles. The second kappa shape index (κ2) is 9.23. The van der Waals surface area contributed by atoms with E-state index in [1.54, 1.807) is 6.07 Å². The number of benzene rings is 1. The van der Waals surface area contributed by atoms with Gasteiger partial charge in [0.2, 0.25) is 5.91 Å². The summed E-state index contributed by atoms with van der Waals surface area (Å²) >= 11 is 12.5. The summed E-state index contributed by atoms with van der Waals surface area (Å²) in [5.41, 5.74) is 3.65. The maximum absolute atomic E-state index is 12.6. The van der Waals surface area contributed by atoms with Crippen molar-refractivity contribution in [1.82, 2.24) is 4.98 Å². The van der Waals surface area contributed by atoms with Crippen molar-refractivity contribution in [2.24, 2.45) is 0 Å². The van der Waals surface area contributed by atoms with Gasteiger partial charge in [-0.1, -0.05) is 43.1 Å². The van der Waals surface area contributed by atoms with Gasteiger partial charge in [-0.15, -0.1) is 0 Å². The van der Waals surface area contributed by atoms with Crippen LogP contribution in [0.4, 0.5) is 17.2 Å². The summed E-state index contributed by atoms with van der Waals surface area (Å²) in [6, 6.07) is 7.41. The minimum atomic E-state index is -0.127. The Balaban J connectivity index is 2.09. The molecular weight excluding hydrogens is 407 g/mol. The number of halogens is 2. The average molecular weight is 435 g/mol. The first-order chi connectivity index (χ1) is 13.8. The number of carbonyl (C=O) groups excluding carboxylic acids is 1. The zero-order valence-electron chi connectivity index (χ0n) is 17.4. The molecule has 7 heteroatoms. The van der Waals surface area contributed by atoms with Crippen LogP contribution in [0.25, 0.3) is 0 Å². The predicted molar refractivity (Wildman–Crippen MR) is 123 cm³/mol. The molecule has 2 aromatic rings. The molecule has 156 valence electrons. The standard InChI is InChI=1S/C22H28Cl2N4O/c1-5-9-27(10-6-2)19-11-14(3)25-22-21(19)26-20(29)13-28(22)15(4)17-8-7-16(23)12-18(17)24/h7-8,11-12,15H,5-6,9-10,13H2,1-4H3,(H,26,29). The van der Waals surface area contributed by atoms with E-state index in [1.165, 1.54) is 0 Å². The van der Waals surface area contributed by atoms with Crippen LogP contribution in [0.5, 0.6) is 0 Å². The molecule has 1 aromatic carbocycles. The molecule has 0 radical (unpaired) electrons. The molecule has 1 amide bonds. The highest BCUT2D eigenvalue weighted by molar-refractivity contribution is 6.35. The zero-order valence-corrected chi connectivity index (χ0v) is 18.9. The third-order valence-corrected chi connectivity index (χ3v) is 5.73. The number of fused-ring (bicyclic) bond motifs is 1. The van der Waals surface area contributed by atoms with Crippen LogP contribution < -0.4 is 15.1 Å². The molecule has 1 aromatic heterocycles. The fraction of sp³-hybridized carbons (Fsp3) is 0.455. The van der Waals surface area contributed by atoms with E-state index in [9.17, 15) is 4.79 Å². The molecule has 1 aliphatic rings. The number of nitrogens with one attached hydrogen (secondary N) is 1. The molecule has 1 atom stereocenters. The smallest absolute Gasteiger partial charge is 0.244 e.